The van der Waals surface area contributed by atoms with Gasteiger partial charge in [-0.15, -0.1) is 0 Å². The van der Waals surface area contributed by atoms with Gasteiger partial charge < -0.3 is 5.32 Å². The molecule has 0 bridgehead atoms. The van der Waals surface area contributed by atoms with Crippen LogP contribution in [0.25, 0.3) is 0 Å². The molecule has 0 radical (unpaired) electrons. The van der Waals surface area contributed by atoms with Crippen molar-refractivity contribution in [1.29, 1.82) is 0 Å². The molecule has 3 aromatic rings. The molecule has 8 nitrogen and oxygen atoms in total. The van der Waals surface area contributed by atoms with E-state index in [1.165, 1.54) is 36.4 Å². The Morgan fingerprint density at radius 3 is 2.17 bits per heavy atom. The molecule has 0 saturated heterocycles. The number of amides is 3. The molecule has 8 heteroatoms. The first-order valence-corrected chi connectivity index (χ1v) is 8.59. The molecule has 0 fully saturated rings. The van der Waals surface area contributed by atoms with Crippen LogP contribution in [0.5, 0.6) is 0 Å². The van der Waals surface area contributed by atoms with Gasteiger partial charge in [-0.3, -0.25) is 24.5 Å². The molecular formula is C21H13N3O5. The predicted molar refractivity (Wildman–Crippen MR) is 105 cm³/mol. The minimum absolute atomic E-state index is 0.150. The number of hydrogen-bond donors (Lipinski definition) is 1. The van der Waals surface area contributed by atoms with Crippen LogP contribution in [0.1, 0.15) is 31.1 Å². The number of nitro groups is 1. The van der Waals surface area contributed by atoms with Gasteiger partial charge in [-0.05, 0) is 36.4 Å². The number of fused-ring (bicyclic) bond motifs is 1. The average Bonchev–Trinajstić information content (AvgIpc) is 2.99. The zero-order valence-corrected chi connectivity index (χ0v) is 14.9. The third-order valence-corrected chi connectivity index (χ3v) is 4.48. The molecule has 0 aromatic heterocycles. The highest BCUT2D eigenvalue weighted by atomic mass is 16.6. The van der Waals surface area contributed by atoms with Crippen molar-refractivity contribution in [3.05, 3.63) is 99.6 Å². The number of rotatable bonds is 4. The summed E-state index contributed by atoms with van der Waals surface area (Å²) in [5.41, 5.74) is 1.19. The lowest BCUT2D eigenvalue weighted by Crippen LogP contribution is -2.29. The topological polar surface area (TPSA) is 110 Å². The summed E-state index contributed by atoms with van der Waals surface area (Å²) in [6.45, 7) is 0. The Morgan fingerprint density at radius 1 is 0.862 bits per heavy atom. The van der Waals surface area contributed by atoms with Crippen LogP contribution >= 0.6 is 0 Å². The number of carbonyl (C=O) groups is 3. The molecule has 3 amide bonds. The molecule has 0 atom stereocenters. The second-order valence-electron chi connectivity index (χ2n) is 6.30. The molecule has 0 aliphatic carbocycles. The van der Waals surface area contributed by atoms with Crippen molar-refractivity contribution in [1.82, 2.24) is 0 Å². The fourth-order valence-corrected chi connectivity index (χ4v) is 3.11. The molecule has 4 rings (SSSR count). The number of nitro benzene ring substituents is 1. The second kappa shape index (κ2) is 7.01. The number of benzene rings is 3. The summed E-state index contributed by atoms with van der Waals surface area (Å²) in [7, 11) is 0. The van der Waals surface area contributed by atoms with E-state index in [2.05, 4.69) is 5.32 Å². The normalized spacial score (nSPS) is 12.6. The molecule has 1 aliphatic heterocycles. The van der Waals surface area contributed by atoms with Crippen LogP contribution < -0.4 is 10.2 Å². The van der Waals surface area contributed by atoms with Gasteiger partial charge in [0.2, 0.25) is 0 Å². The van der Waals surface area contributed by atoms with E-state index in [1.807, 2.05) is 0 Å². The Bertz CT molecular complexity index is 1150. The van der Waals surface area contributed by atoms with E-state index in [-0.39, 0.29) is 22.6 Å². The van der Waals surface area contributed by atoms with Gasteiger partial charge in [-0.25, -0.2) is 4.90 Å². The standard InChI is InChI=1S/C21H13N3O5/c25-19(22-14-6-4-8-16(12-14)24(28)29)13-5-3-7-15(11-13)23-20(26)17-9-1-2-10-18(17)21(23)27/h1-12H,(H,22,25). The largest absolute Gasteiger partial charge is 0.322 e. The van der Waals surface area contributed by atoms with E-state index in [0.717, 1.165) is 4.90 Å². The van der Waals surface area contributed by atoms with Crippen molar-refractivity contribution in [3.8, 4) is 0 Å². The lowest BCUT2D eigenvalue weighted by molar-refractivity contribution is -0.384. The van der Waals surface area contributed by atoms with E-state index < -0.39 is 22.6 Å². The first-order chi connectivity index (χ1) is 14.0. The van der Waals surface area contributed by atoms with Gasteiger partial charge in [-0.1, -0.05) is 24.3 Å². The fraction of sp³-hybridized carbons (Fsp3) is 0. The van der Waals surface area contributed by atoms with Gasteiger partial charge in [0.05, 0.1) is 21.7 Å². The smallest absolute Gasteiger partial charge is 0.271 e. The van der Waals surface area contributed by atoms with Crippen molar-refractivity contribution < 1.29 is 19.3 Å². The molecule has 1 heterocycles. The van der Waals surface area contributed by atoms with E-state index >= 15 is 0 Å². The molecule has 142 valence electrons. The van der Waals surface area contributed by atoms with Crippen molar-refractivity contribution in [2.45, 2.75) is 0 Å². The second-order valence-corrected chi connectivity index (χ2v) is 6.30. The molecule has 0 spiro atoms. The van der Waals surface area contributed by atoms with Crippen molar-refractivity contribution in [2.75, 3.05) is 10.2 Å². The monoisotopic (exact) mass is 387 g/mol. The maximum atomic E-state index is 12.6. The predicted octanol–water partition coefficient (Wildman–Crippen LogP) is 3.65. The molecule has 0 saturated carbocycles. The Hall–Kier alpha value is -4.33. The third-order valence-electron chi connectivity index (χ3n) is 4.48. The summed E-state index contributed by atoms with van der Waals surface area (Å²) in [6, 6.07) is 18.1. The zero-order chi connectivity index (χ0) is 20.5. The van der Waals surface area contributed by atoms with Crippen molar-refractivity contribution in [2.24, 2.45) is 0 Å². The van der Waals surface area contributed by atoms with Gasteiger partial charge in [0.25, 0.3) is 23.4 Å². The van der Waals surface area contributed by atoms with Gasteiger partial charge in [0.1, 0.15) is 0 Å². The number of imide groups is 1. The third kappa shape index (κ3) is 3.23. The van der Waals surface area contributed by atoms with Crippen LogP contribution in [0, 0.1) is 10.1 Å². The zero-order valence-electron chi connectivity index (χ0n) is 14.9. The van der Waals surface area contributed by atoms with Crippen LogP contribution in [0.15, 0.2) is 72.8 Å². The molecular weight excluding hydrogens is 374 g/mol. The van der Waals surface area contributed by atoms with E-state index in [0.29, 0.717) is 11.1 Å². The molecule has 1 N–H and O–H groups in total. The van der Waals surface area contributed by atoms with Gasteiger partial charge in [0, 0.05) is 23.4 Å². The van der Waals surface area contributed by atoms with E-state index in [1.54, 1.807) is 36.4 Å². The van der Waals surface area contributed by atoms with Crippen molar-refractivity contribution >= 4 is 34.8 Å². The summed E-state index contributed by atoms with van der Waals surface area (Å²) < 4.78 is 0. The first-order valence-electron chi connectivity index (χ1n) is 8.59. The highest BCUT2D eigenvalue weighted by Gasteiger charge is 2.36. The summed E-state index contributed by atoms with van der Waals surface area (Å²) in [4.78, 5) is 49.2. The summed E-state index contributed by atoms with van der Waals surface area (Å²) in [5, 5.41) is 13.5. The maximum absolute atomic E-state index is 12.6. The molecule has 1 aliphatic rings. The van der Waals surface area contributed by atoms with E-state index in [4.69, 9.17) is 0 Å². The van der Waals surface area contributed by atoms with Crippen LogP contribution in [-0.4, -0.2) is 22.6 Å². The van der Waals surface area contributed by atoms with E-state index in [9.17, 15) is 24.5 Å². The minimum Gasteiger partial charge on any atom is -0.322 e. The number of nitrogens with one attached hydrogen (secondary N) is 1. The highest BCUT2D eigenvalue weighted by Crippen LogP contribution is 2.29. The first kappa shape index (κ1) is 18.1. The number of nitrogens with zero attached hydrogens (tertiary/aromatic N) is 2. The summed E-state index contributed by atoms with van der Waals surface area (Å²) in [6.07, 6.45) is 0. The molecule has 3 aromatic carbocycles. The van der Waals surface area contributed by atoms with Crippen LogP contribution in [-0.2, 0) is 0 Å². The van der Waals surface area contributed by atoms with Crippen LogP contribution in [0.3, 0.4) is 0 Å². The Morgan fingerprint density at radius 2 is 1.52 bits per heavy atom. The van der Waals surface area contributed by atoms with Gasteiger partial charge >= 0.3 is 0 Å². The number of anilines is 2. The minimum atomic E-state index is -0.557. The molecule has 0 unspecified atom stereocenters. The van der Waals surface area contributed by atoms with Gasteiger partial charge in [-0.2, -0.15) is 0 Å². The summed E-state index contributed by atoms with van der Waals surface area (Å²) in [5.74, 6) is -1.44. The van der Waals surface area contributed by atoms with Gasteiger partial charge in [0.15, 0.2) is 0 Å². The average molecular weight is 387 g/mol. The van der Waals surface area contributed by atoms with Crippen LogP contribution in [0.4, 0.5) is 17.1 Å². The quantitative estimate of drug-likeness (QED) is 0.417. The number of carbonyl (C=O) groups excluding carboxylic acids is 3. The maximum Gasteiger partial charge on any atom is 0.271 e. The lowest BCUT2D eigenvalue weighted by Gasteiger charge is -2.15. The fourth-order valence-electron chi connectivity index (χ4n) is 3.11. The SMILES string of the molecule is O=C(Nc1cccc([N+](=O)[O-])c1)c1cccc(N2C(=O)c3ccccc3C2=O)c1. The number of hydrogen-bond acceptors (Lipinski definition) is 5. The lowest BCUT2D eigenvalue weighted by atomic mass is 10.1. The van der Waals surface area contributed by atoms with Crippen molar-refractivity contribution in [3.63, 3.8) is 0 Å². The Labute approximate surface area is 164 Å². The Kier molecular flexibility index (Phi) is 4.36. The Balaban J connectivity index is 1.61. The highest BCUT2D eigenvalue weighted by molar-refractivity contribution is 6.34. The van der Waals surface area contributed by atoms with Crippen LogP contribution in [0.2, 0.25) is 0 Å². The summed E-state index contributed by atoms with van der Waals surface area (Å²) >= 11 is 0. The molecule has 29 heavy (non-hydrogen) atoms. The number of non-ortho nitro benzene ring substituents is 1.